The second kappa shape index (κ2) is 6.58. The number of pyridine rings is 1. The van der Waals surface area contributed by atoms with Gasteiger partial charge in [0.25, 0.3) is 0 Å². The minimum Gasteiger partial charge on any atom is -0.343 e. The maximum absolute atomic E-state index is 4.44. The molecule has 1 aromatic carbocycles. The molecule has 0 unspecified atom stereocenters. The van der Waals surface area contributed by atoms with Crippen LogP contribution < -0.4 is 0 Å². The van der Waals surface area contributed by atoms with Crippen LogP contribution in [0, 0.1) is 13.8 Å². The molecular formula is C21H24BrN3. The summed E-state index contributed by atoms with van der Waals surface area (Å²) in [6.07, 6.45) is 4.15. The maximum atomic E-state index is 4.44. The van der Waals surface area contributed by atoms with E-state index in [-0.39, 0.29) is 0 Å². The van der Waals surface area contributed by atoms with Crippen molar-refractivity contribution in [1.29, 1.82) is 0 Å². The molecule has 3 heterocycles. The van der Waals surface area contributed by atoms with Crippen molar-refractivity contribution in [3.05, 3.63) is 63.0 Å². The van der Waals surface area contributed by atoms with Gasteiger partial charge in [-0.3, -0.25) is 4.98 Å². The summed E-state index contributed by atoms with van der Waals surface area (Å²) in [4.78, 5) is 6.87. The molecule has 4 heteroatoms. The van der Waals surface area contributed by atoms with Crippen LogP contribution in [0.1, 0.15) is 28.1 Å². The Morgan fingerprint density at radius 1 is 1.20 bits per heavy atom. The van der Waals surface area contributed by atoms with E-state index >= 15 is 0 Å². The first-order chi connectivity index (χ1) is 12.0. The van der Waals surface area contributed by atoms with E-state index in [0.717, 1.165) is 38.2 Å². The average molecular weight is 398 g/mol. The Hall–Kier alpha value is -1.65. The van der Waals surface area contributed by atoms with Gasteiger partial charge in [-0.05, 0) is 78.1 Å². The van der Waals surface area contributed by atoms with Crippen molar-refractivity contribution in [3.8, 4) is 0 Å². The highest BCUT2D eigenvalue weighted by molar-refractivity contribution is 9.10. The average Bonchev–Trinajstić information content (AvgIpc) is 2.88. The Balaban J connectivity index is 1.78. The van der Waals surface area contributed by atoms with Crippen molar-refractivity contribution in [2.45, 2.75) is 39.8 Å². The molecule has 0 spiro atoms. The van der Waals surface area contributed by atoms with Crippen LogP contribution in [0.2, 0.25) is 0 Å². The monoisotopic (exact) mass is 397 g/mol. The molecule has 0 saturated heterocycles. The molecule has 130 valence electrons. The molecule has 0 radical (unpaired) electrons. The topological polar surface area (TPSA) is 21.1 Å². The molecule has 3 aromatic rings. The number of aromatic nitrogens is 2. The summed E-state index contributed by atoms with van der Waals surface area (Å²) in [5.74, 6) is 0. The molecule has 1 aliphatic rings. The highest BCUT2D eigenvalue weighted by atomic mass is 79.9. The summed E-state index contributed by atoms with van der Waals surface area (Å²) in [7, 11) is 2.22. The Morgan fingerprint density at radius 2 is 2.04 bits per heavy atom. The number of nitrogens with zero attached hydrogens (tertiary/aromatic N) is 3. The number of fused-ring (bicyclic) bond motifs is 3. The highest BCUT2D eigenvalue weighted by Gasteiger charge is 2.23. The Kier molecular flexibility index (Phi) is 4.42. The number of hydrogen-bond donors (Lipinski definition) is 0. The van der Waals surface area contributed by atoms with E-state index in [4.69, 9.17) is 0 Å². The lowest BCUT2D eigenvalue weighted by Gasteiger charge is -2.24. The number of halogens is 1. The molecular weight excluding hydrogens is 374 g/mol. The van der Waals surface area contributed by atoms with E-state index in [1.165, 1.54) is 37.8 Å². The lowest BCUT2D eigenvalue weighted by molar-refractivity contribution is 0.309. The number of rotatable bonds is 3. The second-order valence-corrected chi connectivity index (χ2v) is 8.12. The third-order valence-electron chi connectivity index (χ3n) is 5.23. The third kappa shape index (κ3) is 3.13. The Bertz CT molecular complexity index is 925. The van der Waals surface area contributed by atoms with Crippen LogP contribution in [-0.2, 0) is 25.9 Å². The van der Waals surface area contributed by atoms with Crippen molar-refractivity contribution >= 4 is 26.8 Å². The molecule has 25 heavy (non-hydrogen) atoms. The van der Waals surface area contributed by atoms with E-state index in [2.05, 4.69) is 68.6 Å². The second-order valence-electron chi connectivity index (χ2n) is 7.27. The van der Waals surface area contributed by atoms with Gasteiger partial charge >= 0.3 is 0 Å². The summed E-state index contributed by atoms with van der Waals surface area (Å²) in [5, 5.41) is 1.41. The standard InChI is InChI=1S/C21H24BrN3/c1-14-10-17-18-13-24(3)8-7-20(18)25(21(17)19(22)11-14)9-6-16-5-4-15(2)23-12-16/h4-5,10-12H,6-9,13H2,1-3H3. The van der Waals surface area contributed by atoms with Gasteiger partial charge < -0.3 is 9.47 Å². The Morgan fingerprint density at radius 3 is 2.80 bits per heavy atom. The molecule has 0 bridgehead atoms. The van der Waals surface area contributed by atoms with Crippen molar-refractivity contribution in [2.75, 3.05) is 13.6 Å². The van der Waals surface area contributed by atoms with Gasteiger partial charge in [-0.25, -0.2) is 0 Å². The lowest BCUT2D eigenvalue weighted by atomic mass is 10.0. The summed E-state index contributed by atoms with van der Waals surface area (Å²) in [6, 6.07) is 8.89. The van der Waals surface area contributed by atoms with Crippen LogP contribution in [0.5, 0.6) is 0 Å². The summed E-state index contributed by atoms with van der Waals surface area (Å²) in [5.41, 5.74) is 8.07. The molecule has 4 rings (SSSR count). The molecule has 0 fully saturated rings. The van der Waals surface area contributed by atoms with Crippen LogP contribution in [0.3, 0.4) is 0 Å². The van der Waals surface area contributed by atoms with Gasteiger partial charge in [0.1, 0.15) is 0 Å². The molecule has 0 aliphatic carbocycles. The summed E-state index contributed by atoms with van der Waals surface area (Å²) in [6.45, 7) is 7.39. The van der Waals surface area contributed by atoms with Gasteiger partial charge in [-0.1, -0.05) is 6.07 Å². The smallest absolute Gasteiger partial charge is 0.0630 e. The van der Waals surface area contributed by atoms with E-state index in [1.54, 1.807) is 0 Å². The predicted molar refractivity (Wildman–Crippen MR) is 107 cm³/mol. The third-order valence-corrected chi connectivity index (χ3v) is 5.84. The SMILES string of the molecule is Cc1cc(Br)c2c(c1)c1c(n2CCc2ccc(C)nc2)CCN(C)C1. The van der Waals surface area contributed by atoms with Gasteiger partial charge in [-0.2, -0.15) is 0 Å². The fourth-order valence-electron chi connectivity index (χ4n) is 3.93. The fourth-order valence-corrected chi connectivity index (χ4v) is 4.72. The van der Waals surface area contributed by atoms with Gasteiger partial charge in [0.05, 0.1) is 5.52 Å². The maximum Gasteiger partial charge on any atom is 0.0630 e. The molecule has 0 saturated carbocycles. The van der Waals surface area contributed by atoms with Crippen molar-refractivity contribution < 1.29 is 0 Å². The van der Waals surface area contributed by atoms with Gasteiger partial charge in [0, 0.05) is 53.5 Å². The first-order valence-corrected chi connectivity index (χ1v) is 9.72. The molecule has 3 nitrogen and oxygen atoms in total. The normalized spacial score (nSPS) is 14.9. The first kappa shape index (κ1) is 16.8. The number of benzene rings is 1. The quantitative estimate of drug-likeness (QED) is 0.641. The zero-order valence-electron chi connectivity index (χ0n) is 15.1. The van der Waals surface area contributed by atoms with Gasteiger partial charge in [0.15, 0.2) is 0 Å². The van der Waals surface area contributed by atoms with Gasteiger partial charge in [0.2, 0.25) is 0 Å². The summed E-state index contributed by atoms with van der Waals surface area (Å²) >= 11 is 3.83. The van der Waals surface area contributed by atoms with Crippen LogP contribution in [-0.4, -0.2) is 28.0 Å². The molecule has 0 amide bonds. The van der Waals surface area contributed by atoms with Crippen molar-refractivity contribution in [2.24, 2.45) is 0 Å². The minimum absolute atomic E-state index is 1.00. The van der Waals surface area contributed by atoms with Crippen LogP contribution in [0.4, 0.5) is 0 Å². The van der Waals surface area contributed by atoms with Crippen LogP contribution in [0.15, 0.2) is 34.9 Å². The van der Waals surface area contributed by atoms with Crippen molar-refractivity contribution in [1.82, 2.24) is 14.5 Å². The predicted octanol–water partition coefficient (Wildman–Crippen LogP) is 4.65. The van der Waals surface area contributed by atoms with E-state index < -0.39 is 0 Å². The molecule has 0 N–H and O–H groups in total. The van der Waals surface area contributed by atoms with E-state index in [0.29, 0.717) is 0 Å². The Labute approximate surface area is 157 Å². The molecule has 2 aromatic heterocycles. The lowest BCUT2D eigenvalue weighted by Crippen LogP contribution is -2.27. The van der Waals surface area contributed by atoms with Crippen molar-refractivity contribution in [3.63, 3.8) is 0 Å². The number of likely N-dealkylation sites (N-methyl/N-ethyl adjacent to an activating group) is 1. The zero-order valence-corrected chi connectivity index (χ0v) is 16.7. The minimum atomic E-state index is 1.00. The zero-order chi connectivity index (χ0) is 17.6. The first-order valence-electron chi connectivity index (χ1n) is 8.93. The largest absolute Gasteiger partial charge is 0.343 e. The number of aryl methyl sites for hydroxylation is 4. The van der Waals surface area contributed by atoms with E-state index in [1.807, 2.05) is 13.1 Å². The van der Waals surface area contributed by atoms with Crippen LogP contribution >= 0.6 is 15.9 Å². The molecule has 1 aliphatic heterocycles. The number of hydrogen-bond acceptors (Lipinski definition) is 2. The summed E-state index contributed by atoms with van der Waals surface area (Å²) < 4.78 is 3.75. The highest BCUT2D eigenvalue weighted by Crippen LogP contribution is 2.35. The van der Waals surface area contributed by atoms with E-state index in [9.17, 15) is 0 Å². The fraction of sp³-hybridized carbons (Fsp3) is 0.381. The van der Waals surface area contributed by atoms with Crippen LogP contribution in [0.25, 0.3) is 10.9 Å². The molecule has 0 atom stereocenters. The van der Waals surface area contributed by atoms with Gasteiger partial charge in [-0.15, -0.1) is 0 Å².